The minimum atomic E-state index is -0.289. The quantitative estimate of drug-likeness (QED) is 0.279. The van der Waals surface area contributed by atoms with Crippen LogP contribution in [0.4, 0.5) is 4.39 Å². The van der Waals surface area contributed by atoms with E-state index in [4.69, 9.17) is 9.15 Å². The molecule has 4 rings (SSSR count). The number of halogens is 1. The van der Waals surface area contributed by atoms with E-state index in [1.807, 2.05) is 45.0 Å². The highest BCUT2D eigenvalue weighted by atomic mass is 19.1. The molecule has 0 fully saturated rings. The summed E-state index contributed by atoms with van der Waals surface area (Å²) in [5, 5.41) is 3.95. The lowest BCUT2D eigenvalue weighted by Crippen LogP contribution is -2.31. The van der Waals surface area contributed by atoms with Gasteiger partial charge < -0.3 is 14.5 Å². The Morgan fingerprint density at radius 1 is 1.14 bits per heavy atom. The Morgan fingerprint density at radius 3 is 2.54 bits per heavy atom. The minimum absolute atomic E-state index is 0.0387. The van der Waals surface area contributed by atoms with Gasteiger partial charge in [0.05, 0.1) is 13.4 Å². The van der Waals surface area contributed by atoms with Crippen LogP contribution in [0.2, 0.25) is 0 Å². The van der Waals surface area contributed by atoms with Crippen molar-refractivity contribution in [3.8, 4) is 16.9 Å². The molecule has 0 aliphatic carbocycles. The van der Waals surface area contributed by atoms with Gasteiger partial charge in [-0.2, -0.15) is 0 Å². The van der Waals surface area contributed by atoms with Gasteiger partial charge >= 0.3 is 0 Å². The van der Waals surface area contributed by atoms with E-state index in [-0.39, 0.29) is 17.8 Å². The van der Waals surface area contributed by atoms with Crippen molar-refractivity contribution < 1.29 is 18.3 Å². The summed E-state index contributed by atoms with van der Waals surface area (Å²) < 4.78 is 25.0. The van der Waals surface area contributed by atoms with Crippen molar-refractivity contribution in [2.45, 2.75) is 39.7 Å². The van der Waals surface area contributed by atoms with Crippen LogP contribution in [0, 0.1) is 12.7 Å². The summed E-state index contributed by atoms with van der Waals surface area (Å²) in [7, 11) is 1.61. The summed E-state index contributed by atoms with van der Waals surface area (Å²) in [6, 6.07) is 18.6. The lowest BCUT2D eigenvalue weighted by Gasteiger charge is -2.15. The number of carbonyl (C=O) groups is 1. The number of ether oxygens (including phenoxy) is 1. The Morgan fingerprint density at radius 2 is 1.86 bits per heavy atom. The summed E-state index contributed by atoms with van der Waals surface area (Å²) in [6.45, 7) is 5.85. The lowest BCUT2D eigenvalue weighted by molar-refractivity contribution is -0.117. The highest BCUT2D eigenvalue weighted by Gasteiger charge is 2.19. The van der Waals surface area contributed by atoms with Crippen LogP contribution in [0.25, 0.3) is 27.7 Å². The van der Waals surface area contributed by atoms with E-state index in [1.165, 1.54) is 17.7 Å². The molecule has 1 aromatic heterocycles. The normalized spacial score (nSPS) is 12.5. The van der Waals surface area contributed by atoms with E-state index in [1.54, 1.807) is 31.6 Å². The first-order valence-corrected chi connectivity index (χ1v) is 11.7. The number of aryl methyl sites for hydroxylation is 2. The van der Waals surface area contributed by atoms with E-state index < -0.39 is 0 Å². The first-order chi connectivity index (χ1) is 16.9. The Hall–Kier alpha value is -3.86. The predicted molar refractivity (Wildman–Crippen MR) is 139 cm³/mol. The number of amides is 1. The summed E-state index contributed by atoms with van der Waals surface area (Å²) in [5.41, 5.74) is 6.12. The predicted octanol–water partition coefficient (Wildman–Crippen LogP) is 7.10. The van der Waals surface area contributed by atoms with E-state index in [0.29, 0.717) is 11.3 Å². The van der Waals surface area contributed by atoms with Gasteiger partial charge in [0.2, 0.25) is 5.91 Å². The number of hydrogen-bond acceptors (Lipinski definition) is 3. The first-order valence-electron chi connectivity index (χ1n) is 11.7. The number of nitrogens with one attached hydrogen (secondary N) is 1. The number of methoxy groups -OCH3 is 1. The molecule has 1 heterocycles. The SMILES string of the molecule is COc1c(/C(C)=C/C(=O)NC(C)CCc2ccccc2)cc2c(-c3ccc(F)cc3)coc2c1C. The van der Waals surface area contributed by atoms with E-state index in [0.717, 1.165) is 46.1 Å². The second-order valence-electron chi connectivity index (χ2n) is 8.88. The maximum Gasteiger partial charge on any atom is 0.244 e. The van der Waals surface area contributed by atoms with Gasteiger partial charge in [0, 0.05) is 34.2 Å². The third-order valence-corrected chi connectivity index (χ3v) is 6.27. The maximum atomic E-state index is 13.4. The second-order valence-corrected chi connectivity index (χ2v) is 8.88. The van der Waals surface area contributed by atoms with Gasteiger partial charge in [0.1, 0.15) is 17.1 Å². The largest absolute Gasteiger partial charge is 0.496 e. The molecule has 3 aromatic carbocycles. The van der Waals surface area contributed by atoms with Gasteiger partial charge in [-0.05, 0) is 68.5 Å². The van der Waals surface area contributed by atoms with Gasteiger partial charge in [-0.25, -0.2) is 4.39 Å². The molecular weight excluding hydrogens is 441 g/mol. The molecule has 1 amide bonds. The Labute approximate surface area is 205 Å². The van der Waals surface area contributed by atoms with Crippen molar-refractivity contribution in [1.29, 1.82) is 0 Å². The molecule has 0 aliphatic rings. The number of allylic oxidation sites excluding steroid dienone is 1. The fraction of sp³-hybridized carbons (Fsp3) is 0.233. The van der Waals surface area contributed by atoms with Crippen molar-refractivity contribution in [3.63, 3.8) is 0 Å². The van der Waals surface area contributed by atoms with Crippen molar-refractivity contribution in [2.75, 3.05) is 7.11 Å². The molecule has 0 saturated carbocycles. The van der Waals surface area contributed by atoms with Gasteiger partial charge in [0.25, 0.3) is 0 Å². The Bertz CT molecular complexity index is 1350. The Balaban J connectivity index is 1.59. The zero-order valence-electron chi connectivity index (χ0n) is 20.5. The molecule has 0 radical (unpaired) electrons. The molecule has 5 heteroatoms. The molecule has 0 saturated heterocycles. The molecule has 0 spiro atoms. The lowest BCUT2D eigenvalue weighted by atomic mass is 9.96. The molecular formula is C30H30FNO3. The minimum Gasteiger partial charge on any atom is -0.496 e. The third-order valence-electron chi connectivity index (χ3n) is 6.27. The van der Waals surface area contributed by atoms with Crippen LogP contribution < -0.4 is 10.1 Å². The fourth-order valence-corrected chi connectivity index (χ4v) is 4.38. The van der Waals surface area contributed by atoms with Crippen LogP contribution in [-0.2, 0) is 11.2 Å². The monoisotopic (exact) mass is 471 g/mol. The van der Waals surface area contributed by atoms with Crippen LogP contribution in [-0.4, -0.2) is 19.1 Å². The average Bonchev–Trinajstić information content (AvgIpc) is 3.28. The Kier molecular flexibility index (Phi) is 7.35. The van der Waals surface area contributed by atoms with Crippen LogP contribution in [0.3, 0.4) is 0 Å². The zero-order valence-corrected chi connectivity index (χ0v) is 20.5. The van der Waals surface area contributed by atoms with Crippen molar-refractivity contribution in [3.05, 3.63) is 95.5 Å². The van der Waals surface area contributed by atoms with Crippen LogP contribution >= 0.6 is 0 Å². The van der Waals surface area contributed by atoms with Crippen molar-refractivity contribution in [1.82, 2.24) is 5.32 Å². The number of rotatable bonds is 8. The topological polar surface area (TPSA) is 51.5 Å². The van der Waals surface area contributed by atoms with Crippen LogP contribution in [0.5, 0.6) is 5.75 Å². The fourth-order valence-electron chi connectivity index (χ4n) is 4.38. The highest BCUT2D eigenvalue weighted by Crippen LogP contribution is 2.40. The molecule has 35 heavy (non-hydrogen) atoms. The summed E-state index contributed by atoms with van der Waals surface area (Å²) in [4.78, 5) is 12.8. The summed E-state index contributed by atoms with van der Waals surface area (Å²) in [6.07, 6.45) is 5.04. The highest BCUT2D eigenvalue weighted by molar-refractivity contribution is 6.01. The maximum absolute atomic E-state index is 13.4. The number of hydrogen-bond donors (Lipinski definition) is 1. The van der Waals surface area contributed by atoms with Crippen molar-refractivity contribution >= 4 is 22.4 Å². The van der Waals surface area contributed by atoms with Crippen molar-refractivity contribution in [2.24, 2.45) is 0 Å². The second kappa shape index (κ2) is 10.6. The van der Waals surface area contributed by atoms with Gasteiger partial charge in [-0.1, -0.05) is 42.5 Å². The summed E-state index contributed by atoms with van der Waals surface area (Å²) >= 11 is 0. The number of furan rings is 1. The number of fused-ring (bicyclic) bond motifs is 1. The van der Waals surface area contributed by atoms with Gasteiger partial charge in [-0.15, -0.1) is 0 Å². The molecule has 180 valence electrons. The summed E-state index contributed by atoms with van der Waals surface area (Å²) in [5.74, 6) is 0.230. The van der Waals surface area contributed by atoms with E-state index in [9.17, 15) is 9.18 Å². The molecule has 0 bridgehead atoms. The molecule has 1 unspecified atom stereocenters. The van der Waals surface area contributed by atoms with Crippen LogP contribution in [0.15, 0.2) is 77.4 Å². The molecule has 1 N–H and O–H groups in total. The standard InChI is InChI=1S/C30H30FNO3/c1-19(16-28(33)32-20(2)10-11-22-8-6-5-7-9-22)25-17-26-27(23-12-14-24(31)15-13-23)18-35-30(26)21(3)29(25)34-4/h5-9,12-18,20H,10-11H2,1-4H3,(H,32,33)/b19-16+. The molecule has 1 atom stereocenters. The third kappa shape index (κ3) is 5.46. The van der Waals surface area contributed by atoms with Gasteiger partial charge in [-0.3, -0.25) is 4.79 Å². The van der Waals surface area contributed by atoms with E-state index in [2.05, 4.69) is 17.4 Å². The number of benzene rings is 3. The van der Waals surface area contributed by atoms with E-state index >= 15 is 0 Å². The zero-order chi connectivity index (χ0) is 24.9. The molecule has 4 aromatic rings. The smallest absolute Gasteiger partial charge is 0.244 e. The average molecular weight is 472 g/mol. The first kappa shape index (κ1) is 24.3. The van der Waals surface area contributed by atoms with Gasteiger partial charge in [0.15, 0.2) is 0 Å². The van der Waals surface area contributed by atoms with Crippen LogP contribution in [0.1, 0.15) is 37.0 Å². The number of carbonyl (C=O) groups excluding carboxylic acids is 1. The molecule has 0 aliphatic heterocycles. The molecule has 4 nitrogen and oxygen atoms in total.